The minimum atomic E-state index is 0.578. The second-order valence-corrected chi connectivity index (χ2v) is 9.40. The van der Waals surface area contributed by atoms with Crippen molar-refractivity contribution in [1.29, 1.82) is 0 Å². The number of nitrogens with zero attached hydrogens (tertiary/aromatic N) is 7. The summed E-state index contributed by atoms with van der Waals surface area (Å²) < 4.78 is 12.9. The average Bonchev–Trinajstić information content (AvgIpc) is 3.57. The number of aromatic amines is 1. The molecule has 2 aromatic carbocycles. The molecule has 0 bridgehead atoms. The van der Waals surface area contributed by atoms with Crippen LogP contribution in [0.5, 0.6) is 5.75 Å². The third-order valence-electron chi connectivity index (χ3n) is 7.23. The Morgan fingerprint density at radius 3 is 2.78 bits per heavy atom. The van der Waals surface area contributed by atoms with Gasteiger partial charge in [-0.3, -0.25) is 10.00 Å². The van der Waals surface area contributed by atoms with Gasteiger partial charge in [-0.05, 0) is 18.2 Å². The minimum Gasteiger partial charge on any atom is -0.495 e. The predicted molar refractivity (Wildman–Crippen MR) is 141 cm³/mol. The van der Waals surface area contributed by atoms with Gasteiger partial charge in [-0.25, -0.2) is 14.5 Å². The Kier molecular flexibility index (Phi) is 5.37. The van der Waals surface area contributed by atoms with Crippen molar-refractivity contribution in [3.05, 3.63) is 55.1 Å². The molecule has 0 atom stereocenters. The molecule has 3 aromatic heterocycles. The second-order valence-electron chi connectivity index (χ2n) is 9.40. The number of benzene rings is 2. The van der Waals surface area contributed by atoms with Crippen molar-refractivity contribution in [2.24, 2.45) is 0 Å². The maximum atomic E-state index is 5.80. The first-order valence-electron chi connectivity index (χ1n) is 12.4. The largest absolute Gasteiger partial charge is 0.495 e. The van der Waals surface area contributed by atoms with Crippen molar-refractivity contribution in [3.63, 3.8) is 0 Å². The Bertz CT molecular complexity index is 1570. The lowest BCUT2D eigenvalue weighted by Gasteiger charge is -2.43. The maximum Gasteiger partial charge on any atom is 0.198 e. The van der Waals surface area contributed by atoms with E-state index in [2.05, 4.69) is 47.5 Å². The third-order valence-corrected chi connectivity index (χ3v) is 7.23. The van der Waals surface area contributed by atoms with Crippen molar-refractivity contribution < 1.29 is 9.47 Å². The fourth-order valence-electron chi connectivity index (χ4n) is 5.06. The van der Waals surface area contributed by atoms with Gasteiger partial charge in [0.05, 0.1) is 55.7 Å². The average molecular weight is 498 g/mol. The summed E-state index contributed by atoms with van der Waals surface area (Å²) in [5.41, 5.74) is 5.29. The van der Waals surface area contributed by atoms with Gasteiger partial charge in [0.1, 0.15) is 12.1 Å². The van der Waals surface area contributed by atoms with Crippen molar-refractivity contribution >= 4 is 33.7 Å². The molecule has 5 heterocycles. The Morgan fingerprint density at radius 1 is 1.08 bits per heavy atom. The summed E-state index contributed by atoms with van der Waals surface area (Å²) in [5, 5.41) is 16.0. The summed E-state index contributed by atoms with van der Waals surface area (Å²) in [4.78, 5) is 14.2. The quantitative estimate of drug-likeness (QED) is 0.366. The maximum absolute atomic E-state index is 5.80. The number of aromatic nitrogens is 6. The first-order chi connectivity index (χ1) is 18.2. The van der Waals surface area contributed by atoms with Gasteiger partial charge in [0, 0.05) is 48.9 Å². The molecule has 5 aromatic rings. The van der Waals surface area contributed by atoms with Crippen LogP contribution in [0.25, 0.3) is 27.8 Å². The molecule has 2 fully saturated rings. The molecule has 0 spiro atoms. The molecule has 188 valence electrons. The Balaban J connectivity index is 1.16. The summed E-state index contributed by atoms with van der Waals surface area (Å²) in [5.74, 6) is 1.44. The number of rotatable bonds is 6. The fraction of sp³-hybridized carbons (Fsp3) is 0.308. The number of hydrogen-bond acceptors (Lipinski definition) is 9. The van der Waals surface area contributed by atoms with Crippen LogP contribution in [-0.4, -0.2) is 87.2 Å². The highest BCUT2D eigenvalue weighted by molar-refractivity contribution is 5.84. The highest BCUT2D eigenvalue weighted by Gasteiger charge is 2.29. The van der Waals surface area contributed by atoms with Crippen LogP contribution in [0.1, 0.15) is 0 Å². The van der Waals surface area contributed by atoms with Crippen LogP contribution >= 0.6 is 0 Å². The Hall–Kier alpha value is -4.22. The monoisotopic (exact) mass is 497 g/mol. The number of piperazine rings is 1. The summed E-state index contributed by atoms with van der Waals surface area (Å²) in [6.45, 7) is 5.70. The number of fused-ring (bicyclic) bond motifs is 2. The lowest BCUT2D eigenvalue weighted by Crippen LogP contribution is -2.56. The van der Waals surface area contributed by atoms with Crippen molar-refractivity contribution in [2.75, 3.05) is 56.7 Å². The van der Waals surface area contributed by atoms with Crippen LogP contribution in [-0.2, 0) is 4.74 Å². The first kappa shape index (κ1) is 22.0. The second kappa shape index (κ2) is 9.02. The molecule has 37 heavy (non-hydrogen) atoms. The van der Waals surface area contributed by atoms with Gasteiger partial charge >= 0.3 is 0 Å². The topological polar surface area (TPSA) is 109 Å². The van der Waals surface area contributed by atoms with Gasteiger partial charge in [0.2, 0.25) is 0 Å². The summed E-state index contributed by atoms with van der Waals surface area (Å²) in [7, 11) is 1.71. The van der Waals surface area contributed by atoms with E-state index in [1.54, 1.807) is 17.8 Å². The number of hydrogen-bond donors (Lipinski definition) is 2. The first-order valence-corrected chi connectivity index (χ1v) is 12.4. The van der Waals surface area contributed by atoms with Crippen LogP contribution in [0.4, 0.5) is 17.2 Å². The number of methoxy groups -OCH3 is 1. The molecule has 0 amide bonds. The van der Waals surface area contributed by atoms with E-state index in [1.807, 2.05) is 30.5 Å². The van der Waals surface area contributed by atoms with Gasteiger partial charge in [-0.15, -0.1) is 0 Å². The highest BCUT2D eigenvalue weighted by Crippen LogP contribution is 2.34. The molecule has 0 saturated carbocycles. The van der Waals surface area contributed by atoms with Crippen molar-refractivity contribution in [1.82, 2.24) is 34.7 Å². The molecule has 7 rings (SSSR count). The van der Waals surface area contributed by atoms with E-state index in [-0.39, 0.29) is 0 Å². The standard InChI is InChI=1S/C26H27N9O2/c1-36-24-11-19(4-5-23(24)34-8-6-33(7-9-34)20-14-37-15-20)30-25-26-27-16-29-35(26)13-22(31-25)17-2-3-18-12-28-32-21(18)10-17/h2-5,10-13,16,20H,6-9,14-15H2,1H3,(H,28,32)(H,30,31). The molecule has 2 aliphatic heterocycles. The van der Waals surface area contributed by atoms with E-state index in [4.69, 9.17) is 14.5 Å². The zero-order chi connectivity index (χ0) is 24.8. The van der Waals surface area contributed by atoms with Crippen molar-refractivity contribution in [3.8, 4) is 17.0 Å². The Morgan fingerprint density at radius 2 is 1.97 bits per heavy atom. The van der Waals surface area contributed by atoms with E-state index < -0.39 is 0 Å². The molecular weight excluding hydrogens is 470 g/mol. The normalized spacial score (nSPS) is 16.8. The molecule has 0 radical (unpaired) electrons. The molecule has 0 aliphatic carbocycles. The zero-order valence-corrected chi connectivity index (χ0v) is 20.5. The van der Waals surface area contributed by atoms with Gasteiger partial charge in [0.15, 0.2) is 11.5 Å². The van der Waals surface area contributed by atoms with Crippen LogP contribution in [0.15, 0.2) is 55.1 Å². The highest BCUT2D eigenvalue weighted by atomic mass is 16.5. The number of anilines is 3. The van der Waals surface area contributed by atoms with E-state index in [1.165, 1.54) is 6.33 Å². The molecule has 0 unspecified atom stereocenters. The predicted octanol–water partition coefficient (Wildman–Crippen LogP) is 2.94. The van der Waals surface area contributed by atoms with Crippen LogP contribution in [0.3, 0.4) is 0 Å². The summed E-state index contributed by atoms with van der Waals surface area (Å²) >= 11 is 0. The van der Waals surface area contributed by atoms with Gasteiger partial charge in [0.25, 0.3) is 0 Å². The molecule has 11 nitrogen and oxygen atoms in total. The lowest BCUT2D eigenvalue weighted by molar-refractivity contribution is -0.0660. The van der Waals surface area contributed by atoms with Gasteiger partial charge in [-0.1, -0.05) is 12.1 Å². The van der Waals surface area contributed by atoms with Gasteiger partial charge < -0.3 is 19.7 Å². The SMILES string of the molecule is COc1cc(Nc2nc(-c3ccc4cn[nH]c4c3)cn3ncnc23)ccc1N1CCN(C2COC2)CC1. The fourth-order valence-corrected chi connectivity index (χ4v) is 5.06. The smallest absolute Gasteiger partial charge is 0.198 e. The summed E-state index contributed by atoms with van der Waals surface area (Å²) in [6, 6.07) is 12.9. The van der Waals surface area contributed by atoms with E-state index in [0.717, 1.165) is 78.7 Å². The van der Waals surface area contributed by atoms with Crippen LogP contribution < -0.4 is 15.0 Å². The van der Waals surface area contributed by atoms with Crippen LogP contribution in [0.2, 0.25) is 0 Å². The van der Waals surface area contributed by atoms with Crippen LogP contribution in [0, 0.1) is 0 Å². The van der Waals surface area contributed by atoms with E-state index >= 15 is 0 Å². The van der Waals surface area contributed by atoms with E-state index in [0.29, 0.717) is 17.5 Å². The molecule has 2 saturated heterocycles. The molecule has 2 aliphatic rings. The molecule has 11 heteroatoms. The number of H-pyrrole nitrogens is 1. The van der Waals surface area contributed by atoms with E-state index in [9.17, 15) is 0 Å². The molecule has 2 N–H and O–H groups in total. The Labute approximate surface area is 213 Å². The minimum absolute atomic E-state index is 0.578. The number of nitrogens with one attached hydrogen (secondary N) is 2. The number of ether oxygens (including phenoxy) is 2. The zero-order valence-electron chi connectivity index (χ0n) is 20.5. The van der Waals surface area contributed by atoms with Gasteiger partial charge in [-0.2, -0.15) is 10.2 Å². The summed E-state index contributed by atoms with van der Waals surface area (Å²) in [6.07, 6.45) is 5.22. The lowest BCUT2D eigenvalue weighted by atomic mass is 10.1. The van der Waals surface area contributed by atoms with Crippen molar-refractivity contribution in [2.45, 2.75) is 6.04 Å². The molecular formula is C26H27N9O2. The third kappa shape index (κ3) is 4.02.